The molecule has 0 aromatic heterocycles. The predicted octanol–water partition coefficient (Wildman–Crippen LogP) is 1.50. The average molecular weight is 220 g/mol. The molecule has 0 saturated heterocycles. The zero-order valence-corrected chi connectivity index (χ0v) is 9.03. The van der Waals surface area contributed by atoms with Crippen LogP contribution in [0.2, 0.25) is 0 Å². The quantitative estimate of drug-likeness (QED) is 0.620. The number of anilines is 1. The highest BCUT2D eigenvalue weighted by atomic mass is 19.1. The van der Waals surface area contributed by atoms with Gasteiger partial charge >= 0.3 is 0 Å². The Labute approximate surface area is 94.0 Å². The summed E-state index contributed by atoms with van der Waals surface area (Å²) in [5, 5.41) is 0. The maximum atomic E-state index is 13.1. The lowest BCUT2D eigenvalue weighted by atomic mass is 10.1. The molecule has 0 bridgehead atoms. The van der Waals surface area contributed by atoms with Crippen molar-refractivity contribution in [2.75, 3.05) is 18.8 Å². The average Bonchev–Trinajstić information content (AvgIpc) is 2.23. The van der Waals surface area contributed by atoms with Gasteiger partial charge in [-0.3, -0.25) is 4.79 Å². The van der Waals surface area contributed by atoms with Crippen LogP contribution in [-0.2, 0) is 0 Å². The monoisotopic (exact) mass is 220 g/mol. The summed E-state index contributed by atoms with van der Waals surface area (Å²) >= 11 is 0. The first kappa shape index (κ1) is 12.1. The van der Waals surface area contributed by atoms with Gasteiger partial charge in [-0.2, -0.15) is 0 Å². The van der Waals surface area contributed by atoms with Crippen molar-refractivity contribution >= 4 is 11.6 Å². The van der Waals surface area contributed by atoms with E-state index in [0.29, 0.717) is 6.54 Å². The normalized spacial score (nSPS) is 9.56. The van der Waals surface area contributed by atoms with Gasteiger partial charge in [-0.15, -0.1) is 6.42 Å². The summed E-state index contributed by atoms with van der Waals surface area (Å²) in [6.45, 7) is 2.48. The largest absolute Gasteiger partial charge is 0.399 e. The first-order valence-electron chi connectivity index (χ1n) is 4.87. The number of amides is 1. The summed E-state index contributed by atoms with van der Waals surface area (Å²) in [6, 6.07) is 3.75. The minimum atomic E-state index is -0.528. The van der Waals surface area contributed by atoms with Gasteiger partial charge in [0.15, 0.2) is 0 Å². The van der Waals surface area contributed by atoms with Crippen LogP contribution >= 0.6 is 0 Å². The first-order chi connectivity index (χ1) is 7.58. The minimum absolute atomic E-state index is 0.200. The fourth-order valence-electron chi connectivity index (χ4n) is 1.36. The zero-order chi connectivity index (χ0) is 12.1. The number of nitrogen functional groups attached to an aromatic ring is 1. The van der Waals surface area contributed by atoms with Crippen LogP contribution in [0.5, 0.6) is 0 Å². The van der Waals surface area contributed by atoms with E-state index < -0.39 is 5.82 Å². The Kier molecular flexibility index (Phi) is 3.90. The van der Waals surface area contributed by atoms with Gasteiger partial charge in [-0.25, -0.2) is 4.39 Å². The van der Waals surface area contributed by atoms with Crippen molar-refractivity contribution in [3.05, 3.63) is 29.6 Å². The molecule has 2 N–H and O–H groups in total. The van der Waals surface area contributed by atoms with Crippen molar-refractivity contribution in [3.63, 3.8) is 0 Å². The van der Waals surface area contributed by atoms with Crippen LogP contribution < -0.4 is 5.73 Å². The van der Waals surface area contributed by atoms with Crippen molar-refractivity contribution in [1.29, 1.82) is 0 Å². The Hall–Kier alpha value is -2.02. The number of benzene rings is 1. The molecule has 1 aromatic carbocycles. The van der Waals surface area contributed by atoms with E-state index >= 15 is 0 Å². The number of nitrogens with two attached hydrogens (primary N) is 1. The summed E-state index contributed by atoms with van der Waals surface area (Å²) in [6.07, 6.45) is 5.14. The van der Waals surface area contributed by atoms with Crippen LogP contribution in [-0.4, -0.2) is 23.9 Å². The smallest absolute Gasteiger partial charge is 0.254 e. The molecule has 1 rings (SSSR count). The fourth-order valence-corrected chi connectivity index (χ4v) is 1.36. The fraction of sp³-hybridized carbons (Fsp3) is 0.250. The molecule has 3 nitrogen and oxygen atoms in total. The lowest BCUT2D eigenvalue weighted by Crippen LogP contribution is -2.31. The summed E-state index contributed by atoms with van der Waals surface area (Å²) in [4.78, 5) is 13.3. The number of nitrogens with zero attached hydrogens (tertiary/aromatic N) is 1. The molecule has 1 amide bonds. The number of terminal acetylenes is 1. The van der Waals surface area contributed by atoms with E-state index in [1.54, 1.807) is 6.92 Å². The van der Waals surface area contributed by atoms with Crippen molar-refractivity contribution in [2.24, 2.45) is 0 Å². The molecule has 0 aliphatic rings. The molecule has 0 radical (unpaired) electrons. The highest BCUT2D eigenvalue weighted by molar-refractivity contribution is 5.95. The summed E-state index contributed by atoms with van der Waals surface area (Å²) in [5.74, 6) is 1.54. The molecule has 4 heteroatoms. The lowest BCUT2D eigenvalue weighted by Gasteiger charge is -2.18. The van der Waals surface area contributed by atoms with Gasteiger partial charge in [0.25, 0.3) is 5.91 Å². The summed E-state index contributed by atoms with van der Waals surface area (Å²) in [7, 11) is 0. The summed E-state index contributed by atoms with van der Waals surface area (Å²) in [5.41, 5.74) is 5.90. The molecule has 0 saturated carbocycles. The van der Waals surface area contributed by atoms with Crippen molar-refractivity contribution in [3.8, 4) is 12.3 Å². The molecular formula is C12H13FN2O. The molecule has 1 aromatic rings. The Morgan fingerprint density at radius 2 is 2.25 bits per heavy atom. The molecule has 0 atom stereocenters. The van der Waals surface area contributed by atoms with E-state index in [4.69, 9.17) is 12.2 Å². The van der Waals surface area contributed by atoms with Gasteiger partial charge in [0, 0.05) is 17.8 Å². The zero-order valence-electron chi connectivity index (χ0n) is 9.03. The van der Waals surface area contributed by atoms with Gasteiger partial charge in [-0.05, 0) is 25.1 Å². The van der Waals surface area contributed by atoms with Gasteiger partial charge in [0.05, 0.1) is 6.54 Å². The molecule has 0 heterocycles. The number of carbonyl (C=O) groups excluding carboxylic acids is 1. The van der Waals surface area contributed by atoms with Crippen LogP contribution in [0.1, 0.15) is 17.3 Å². The van der Waals surface area contributed by atoms with E-state index in [1.807, 2.05) is 0 Å². The number of hydrogen-bond acceptors (Lipinski definition) is 2. The van der Waals surface area contributed by atoms with Gasteiger partial charge in [-0.1, -0.05) is 5.92 Å². The van der Waals surface area contributed by atoms with E-state index in [9.17, 15) is 9.18 Å². The van der Waals surface area contributed by atoms with Crippen molar-refractivity contribution < 1.29 is 9.18 Å². The van der Waals surface area contributed by atoms with Crippen molar-refractivity contribution in [1.82, 2.24) is 4.90 Å². The molecule has 0 unspecified atom stereocenters. The van der Waals surface area contributed by atoms with Crippen LogP contribution in [0.15, 0.2) is 18.2 Å². The molecule has 16 heavy (non-hydrogen) atoms. The summed E-state index contributed by atoms with van der Waals surface area (Å²) < 4.78 is 13.1. The lowest BCUT2D eigenvalue weighted by molar-refractivity contribution is 0.0784. The SMILES string of the molecule is C#CCN(CC)C(=O)c1cc(N)cc(F)c1. The molecule has 0 aliphatic carbocycles. The predicted molar refractivity (Wildman–Crippen MR) is 61.2 cm³/mol. The van der Waals surface area contributed by atoms with Crippen LogP contribution in [0.4, 0.5) is 10.1 Å². The molecule has 84 valence electrons. The van der Waals surface area contributed by atoms with E-state index in [2.05, 4.69) is 5.92 Å². The van der Waals surface area contributed by atoms with Gasteiger partial charge in [0.2, 0.25) is 0 Å². The standard InChI is InChI=1S/C12H13FN2O/c1-3-5-15(4-2)12(16)9-6-10(13)8-11(14)7-9/h1,6-8H,4-5,14H2,2H3. The highest BCUT2D eigenvalue weighted by Crippen LogP contribution is 2.12. The van der Waals surface area contributed by atoms with Crippen LogP contribution in [0.25, 0.3) is 0 Å². The molecule has 0 fully saturated rings. The van der Waals surface area contributed by atoms with E-state index in [1.165, 1.54) is 11.0 Å². The first-order valence-corrected chi connectivity index (χ1v) is 4.87. The third kappa shape index (κ3) is 2.74. The second kappa shape index (κ2) is 5.17. The van der Waals surface area contributed by atoms with Gasteiger partial charge in [0.1, 0.15) is 5.82 Å². The molecule has 0 spiro atoms. The molecular weight excluding hydrogens is 207 g/mol. The number of carbonyl (C=O) groups is 1. The van der Waals surface area contributed by atoms with Gasteiger partial charge < -0.3 is 10.6 Å². The number of halogens is 1. The van der Waals surface area contributed by atoms with E-state index in [0.717, 1.165) is 12.1 Å². The Balaban J connectivity index is 2.99. The van der Waals surface area contributed by atoms with Crippen molar-refractivity contribution in [2.45, 2.75) is 6.92 Å². The maximum Gasteiger partial charge on any atom is 0.254 e. The third-order valence-electron chi connectivity index (χ3n) is 2.12. The third-order valence-corrected chi connectivity index (χ3v) is 2.12. The minimum Gasteiger partial charge on any atom is -0.399 e. The Morgan fingerprint density at radius 3 is 2.75 bits per heavy atom. The van der Waals surface area contributed by atoms with E-state index in [-0.39, 0.29) is 23.7 Å². The number of rotatable bonds is 3. The Bertz CT molecular complexity index is 417. The highest BCUT2D eigenvalue weighted by Gasteiger charge is 2.14. The second-order valence-electron chi connectivity index (χ2n) is 3.30. The topological polar surface area (TPSA) is 46.3 Å². The van der Waals surface area contributed by atoms with Crippen LogP contribution in [0.3, 0.4) is 0 Å². The second-order valence-corrected chi connectivity index (χ2v) is 3.30. The molecule has 0 aliphatic heterocycles. The number of hydrogen-bond donors (Lipinski definition) is 1. The van der Waals surface area contributed by atoms with Crippen LogP contribution in [0, 0.1) is 18.2 Å². The maximum absolute atomic E-state index is 13.1. The Morgan fingerprint density at radius 1 is 1.56 bits per heavy atom.